The number of nitrogens with one attached hydrogen (secondary N) is 1. The lowest BCUT2D eigenvalue weighted by atomic mass is 10.1. The Labute approximate surface area is 92.2 Å². The van der Waals surface area contributed by atoms with Crippen LogP contribution in [0.5, 0.6) is 0 Å². The predicted molar refractivity (Wildman–Crippen MR) is 70.1 cm³/mol. The van der Waals surface area contributed by atoms with Crippen LogP contribution in [0.1, 0.15) is 0 Å². The van der Waals surface area contributed by atoms with E-state index in [0.717, 1.165) is 0 Å². The van der Waals surface area contributed by atoms with Gasteiger partial charge in [-0.2, -0.15) is 0 Å². The molecule has 0 heterocycles. The van der Waals surface area contributed by atoms with Crippen molar-refractivity contribution in [1.82, 2.24) is 4.98 Å². The molecule has 0 aliphatic carbocycles. The van der Waals surface area contributed by atoms with Crippen molar-refractivity contribution in [2.45, 2.75) is 13.1 Å². The zero-order chi connectivity index (χ0) is 10.9. The summed E-state index contributed by atoms with van der Waals surface area (Å²) < 4.78 is 0. The van der Waals surface area contributed by atoms with Crippen LogP contribution in [0.15, 0.2) is 42.5 Å². The molecule has 0 aromatic heterocycles. The Morgan fingerprint density at radius 2 is 1.60 bits per heavy atom. The molecule has 0 atom stereocenters. The second-order valence-corrected chi connectivity index (χ2v) is 8.69. The second-order valence-electron chi connectivity index (χ2n) is 4.40. The molecule has 0 aliphatic heterocycles. The van der Waals surface area contributed by atoms with Gasteiger partial charge in [-0.1, -0.05) is 55.6 Å². The lowest BCUT2D eigenvalue weighted by Crippen LogP contribution is -2.53. The van der Waals surface area contributed by atoms with E-state index >= 15 is 0 Å². The van der Waals surface area contributed by atoms with E-state index in [9.17, 15) is 0 Å². The monoisotopic (exact) mass is 215 g/mol. The highest BCUT2D eigenvalue weighted by Crippen LogP contribution is 2.14. The molecule has 0 aliphatic rings. The summed E-state index contributed by atoms with van der Waals surface area (Å²) in [4.78, 5) is 3.49. The highest BCUT2D eigenvalue weighted by atomic mass is 28.3. The fourth-order valence-corrected chi connectivity index (χ4v) is 3.59. The summed E-state index contributed by atoms with van der Waals surface area (Å²) in [5.74, 6) is 0. The Morgan fingerprint density at radius 3 is 2.33 bits per heavy atom. The lowest BCUT2D eigenvalue weighted by Gasteiger charge is -2.23. The van der Waals surface area contributed by atoms with E-state index in [1.807, 2.05) is 0 Å². The largest absolute Gasteiger partial charge is 0.337 e. The molecular weight excluding hydrogens is 198 g/mol. The van der Waals surface area contributed by atoms with Gasteiger partial charge in [0.15, 0.2) is 8.24 Å². The molecule has 0 radical (unpaired) electrons. The van der Waals surface area contributed by atoms with Crippen LogP contribution in [0.2, 0.25) is 13.1 Å². The van der Waals surface area contributed by atoms with E-state index in [-0.39, 0.29) is 0 Å². The standard InChI is InChI=1S/C13H17NSi/c1-14-15(2,3)13-10-6-8-11-7-4-5-9-12(11)13/h4-10,14H,1-3H3. The van der Waals surface area contributed by atoms with E-state index in [2.05, 4.69) is 67.6 Å². The van der Waals surface area contributed by atoms with Crippen LogP contribution >= 0.6 is 0 Å². The average Bonchev–Trinajstić information content (AvgIpc) is 2.28. The molecule has 0 bridgehead atoms. The third-order valence-corrected chi connectivity index (χ3v) is 6.12. The SMILES string of the molecule is CN[Si](C)(C)c1cccc2ccccc12. The van der Waals surface area contributed by atoms with Gasteiger partial charge < -0.3 is 4.98 Å². The molecule has 2 aromatic rings. The first-order valence-electron chi connectivity index (χ1n) is 5.32. The number of fused-ring (bicyclic) bond motifs is 1. The molecule has 78 valence electrons. The van der Waals surface area contributed by atoms with Crippen LogP contribution in [0.4, 0.5) is 0 Å². The van der Waals surface area contributed by atoms with Gasteiger partial charge in [-0.25, -0.2) is 0 Å². The topological polar surface area (TPSA) is 12.0 Å². The van der Waals surface area contributed by atoms with E-state index < -0.39 is 8.24 Å². The van der Waals surface area contributed by atoms with Crippen molar-refractivity contribution in [3.63, 3.8) is 0 Å². The van der Waals surface area contributed by atoms with Gasteiger partial charge in [0.05, 0.1) is 0 Å². The molecule has 0 spiro atoms. The van der Waals surface area contributed by atoms with Crippen LogP contribution in [0.3, 0.4) is 0 Å². The molecule has 0 saturated heterocycles. The number of hydrogen-bond acceptors (Lipinski definition) is 1. The van der Waals surface area contributed by atoms with Gasteiger partial charge in [-0.15, -0.1) is 0 Å². The molecule has 0 saturated carbocycles. The Balaban J connectivity index is 2.71. The minimum Gasteiger partial charge on any atom is -0.337 e. The highest BCUT2D eigenvalue weighted by Gasteiger charge is 2.22. The van der Waals surface area contributed by atoms with E-state index in [1.165, 1.54) is 16.0 Å². The highest BCUT2D eigenvalue weighted by molar-refractivity contribution is 6.89. The van der Waals surface area contributed by atoms with Crippen molar-refractivity contribution in [3.05, 3.63) is 42.5 Å². The maximum atomic E-state index is 3.49. The van der Waals surface area contributed by atoms with Crippen molar-refractivity contribution in [1.29, 1.82) is 0 Å². The Morgan fingerprint density at radius 1 is 0.933 bits per heavy atom. The van der Waals surface area contributed by atoms with Crippen LogP contribution in [0, 0.1) is 0 Å². The number of rotatable bonds is 2. The zero-order valence-corrected chi connectivity index (χ0v) is 10.5. The third kappa shape index (κ3) is 1.83. The molecule has 0 fully saturated rings. The minimum absolute atomic E-state index is 1.34. The second kappa shape index (κ2) is 3.80. The summed E-state index contributed by atoms with van der Waals surface area (Å²) in [5, 5.41) is 4.22. The Hall–Kier alpha value is -1.12. The van der Waals surface area contributed by atoms with Crippen molar-refractivity contribution >= 4 is 24.2 Å². The predicted octanol–water partition coefficient (Wildman–Crippen LogP) is 2.47. The molecular formula is C13H17NSi. The maximum absolute atomic E-state index is 3.49. The molecule has 1 N–H and O–H groups in total. The Kier molecular flexibility index (Phi) is 2.63. The first kappa shape index (κ1) is 10.4. The van der Waals surface area contributed by atoms with E-state index in [0.29, 0.717) is 0 Å². The van der Waals surface area contributed by atoms with Gasteiger partial charge >= 0.3 is 0 Å². The van der Waals surface area contributed by atoms with Crippen LogP contribution in [-0.4, -0.2) is 15.3 Å². The summed E-state index contributed by atoms with van der Waals surface area (Å²) in [6, 6.07) is 15.2. The minimum atomic E-state index is -1.47. The van der Waals surface area contributed by atoms with Gasteiger partial charge in [0.2, 0.25) is 0 Å². The molecule has 2 aromatic carbocycles. The van der Waals surface area contributed by atoms with Crippen molar-refractivity contribution in [2.75, 3.05) is 7.05 Å². The van der Waals surface area contributed by atoms with Crippen LogP contribution in [0.25, 0.3) is 10.8 Å². The Bertz CT molecular complexity index is 471. The van der Waals surface area contributed by atoms with Crippen LogP contribution < -0.4 is 10.2 Å². The first-order valence-corrected chi connectivity index (χ1v) is 8.32. The van der Waals surface area contributed by atoms with Gasteiger partial charge in [-0.05, 0) is 23.0 Å². The summed E-state index contributed by atoms with van der Waals surface area (Å²) in [6.45, 7) is 4.68. The smallest absolute Gasteiger partial charge is 0.152 e. The van der Waals surface area contributed by atoms with Crippen molar-refractivity contribution < 1.29 is 0 Å². The summed E-state index contributed by atoms with van der Waals surface area (Å²) >= 11 is 0. The molecule has 0 unspecified atom stereocenters. The van der Waals surface area contributed by atoms with Crippen molar-refractivity contribution in [2.24, 2.45) is 0 Å². The normalized spacial score (nSPS) is 11.9. The number of benzene rings is 2. The summed E-state index contributed by atoms with van der Waals surface area (Å²) in [6.07, 6.45) is 0. The fraction of sp³-hybridized carbons (Fsp3) is 0.231. The average molecular weight is 215 g/mol. The van der Waals surface area contributed by atoms with E-state index in [1.54, 1.807) is 0 Å². The lowest BCUT2D eigenvalue weighted by molar-refractivity contribution is 1.18. The van der Waals surface area contributed by atoms with Crippen LogP contribution in [-0.2, 0) is 0 Å². The molecule has 15 heavy (non-hydrogen) atoms. The van der Waals surface area contributed by atoms with E-state index in [4.69, 9.17) is 0 Å². The van der Waals surface area contributed by atoms with Gasteiger partial charge in [-0.3, -0.25) is 0 Å². The third-order valence-electron chi connectivity index (χ3n) is 3.09. The van der Waals surface area contributed by atoms with Gasteiger partial charge in [0, 0.05) is 0 Å². The summed E-state index contributed by atoms with van der Waals surface area (Å²) in [7, 11) is 0.596. The fourth-order valence-electron chi connectivity index (χ4n) is 1.91. The quantitative estimate of drug-likeness (QED) is 0.759. The molecule has 0 amide bonds. The molecule has 2 heteroatoms. The van der Waals surface area contributed by atoms with Gasteiger partial charge in [0.1, 0.15) is 0 Å². The number of hydrogen-bond donors (Lipinski definition) is 1. The van der Waals surface area contributed by atoms with Crippen molar-refractivity contribution in [3.8, 4) is 0 Å². The summed E-state index contributed by atoms with van der Waals surface area (Å²) in [5.41, 5.74) is 0. The zero-order valence-electron chi connectivity index (χ0n) is 9.54. The first-order chi connectivity index (χ1) is 7.15. The maximum Gasteiger partial charge on any atom is 0.152 e. The van der Waals surface area contributed by atoms with Gasteiger partial charge in [0.25, 0.3) is 0 Å². The molecule has 1 nitrogen and oxygen atoms in total. The molecule has 2 rings (SSSR count).